The summed E-state index contributed by atoms with van der Waals surface area (Å²) in [6, 6.07) is 8.02. The molecule has 1 aromatic carbocycles. The molecule has 0 saturated carbocycles. The number of nitrogen functional groups attached to an aromatic ring is 1. The third kappa shape index (κ3) is 3.38. The van der Waals surface area contributed by atoms with E-state index in [1.165, 1.54) is 10.6 Å². The van der Waals surface area contributed by atoms with Crippen molar-refractivity contribution in [1.82, 2.24) is 4.57 Å². The zero-order valence-electron chi connectivity index (χ0n) is 11.3. The molecular weight excluding hydrogens is 259 g/mol. The molecule has 106 valence electrons. The number of nitrogens with two attached hydrogens (primary N) is 1. The Morgan fingerprint density at radius 2 is 2.10 bits per heavy atom. The number of nitrogens with zero attached hydrogens (tertiary/aromatic N) is 1. The summed E-state index contributed by atoms with van der Waals surface area (Å²) < 4.78 is 20.6. The van der Waals surface area contributed by atoms with Crippen molar-refractivity contribution in [2.45, 2.75) is 19.9 Å². The number of halogens is 1. The quantitative estimate of drug-likeness (QED) is 0.853. The van der Waals surface area contributed by atoms with Gasteiger partial charge in [-0.3, -0.25) is 4.79 Å². The lowest BCUT2D eigenvalue weighted by Gasteiger charge is -2.09. The van der Waals surface area contributed by atoms with Crippen LogP contribution in [-0.2, 0) is 6.54 Å². The Hall–Kier alpha value is -2.30. The van der Waals surface area contributed by atoms with Crippen LogP contribution in [0.15, 0.2) is 41.3 Å². The standard InChI is InChI=1S/C15H17FN2O2/c1-11-4-2-5-13(15(11)16)20-9-3-8-18-10-12(17)6-7-14(18)19/h2,4-7,10H,3,8-9,17H2,1H3. The van der Waals surface area contributed by atoms with Crippen molar-refractivity contribution >= 4 is 5.69 Å². The van der Waals surface area contributed by atoms with Crippen molar-refractivity contribution in [2.75, 3.05) is 12.3 Å². The minimum Gasteiger partial charge on any atom is -0.490 e. The van der Waals surface area contributed by atoms with Gasteiger partial charge in [0.2, 0.25) is 0 Å². The van der Waals surface area contributed by atoms with Gasteiger partial charge in [-0.2, -0.15) is 0 Å². The molecule has 2 N–H and O–H groups in total. The van der Waals surface area contributed by atoms with Crippen molar-refractivity contribution in [1.29, 1.82) is 0 Å². The second kappa shape index (κ2) is 6.23. The van der Waals surface area contributed by atoms with Gasteiger partial charge < -0.3 is 15.0 Å². The Balaban J connectivity index is 1.89. The van der Waals surface area contributed by atoms with Gasteiger partial charge >= 0.3 is 0 Å². The van der Waals surface area contributed by atoms with Gasteiger partial charge in [0, 0.05) is 24.5 Å². The molecule has 1 aromatic heterocycles. The average molecular weight is 276 g/mol. The van der Waals surface area contributed by atoms with Gasteiger partial charge in [-0.05, 0) is 31.0 Å². The highest BCUT2D eigenvalue weighted by atomic mass is 19.1. The van der Waals surface area contributed by atoms with Gasteiger partial charge in [0.15, 0.2) is 11.6 Å². The second-order valence-electron chi connectivity index (χ2n) is 4.58. The molecule has 5 heteroatoms. The summed E-state index contributed by atoms with van der Waals surface area (Å²) in [6.45, 7) is 2.51. The van der Waals surface area contributed by atoms with E-state index < -0.39 is 0 Å². The van der Waals surface area contributed by atoms with E-state index in [0.717, 1.165) is 0 Å². The number of pyridine rings is 1. The van der Waals surface area contributed by atoms with Gasteiger partial charge in [-0.1, -0.05) is 12.1 Å². The van der Waals surface area contributed by atoms with Crippen molar-refractivity contribution < 1.29 is 9.13 Å². The van der Waals surface area contributed by atoms with Crippen LogP contribution in [0.3, 0.4) is 0 Å². The van der Waals surface area contributed by atoms with E-state index in [9.17, 15) is 9.18 Å². The predicted molar refractivity (Wildman–Crippen MR) is 76.4 cm³/mol. The van der Waals surface area contributed by atoms with Gasteiger partial charge in [0.05, 0.1) is 6.61 Å². The summed E-state index contributed by atoms with van der Waals surface area (Å²) in [5.74, 6) is -0.0986. The first-order valence-electron chi connectivity index (χ1n) is 6.42. The van der Waals surface area contributed by atoms with Gasteiger partial charge in [-0.25, -0.2) is 4.39 Å². The lowest BCUT2D eigenvalue weighted by molar-refractivity contribution is 0.286. The van der Waals surface area contributed by atoms with E-state index in [0.29, 0.717) is 30.8 Å². The maximum Gasteiger partial charge on any atom is 0.250 e. The summed E-state index contributed by atoms with van der Waals surface area (Å²) in [5.41, 5.74) is 6.60. The first-order valence-corrected chi connectivity index (χ1v) is 6.42. The van der Waals surface area contributed by atoms with Crippen LogP contribution in [-0.4, -0.2) is 11.2 Å². The van der Waals surface area contributed by atoms with E-state index in [1.807, 2.05) is 0 Å². The first kappa shape index (κ1) is 14.1. The first-order chi connectivity index (χ1) is 9.58. The molecule has 0 aliphatic rings. The molecule has 4 nitrogen and oxygen atoms in total. The molecule has 0 fully saturated rings. The Bertz CT molecular complexity index is 653. The highest BCUT2D eigenvalue weighted by Gasteiger charge is 2.05. The molecule has 0 aliphatic heterocycles. The summed E-state index contributed by atoms with van der Waals surface area (Å²) in [6.07, 6.45) is 2.19. The molecule has 0 amide bonds. The molecule has 0 radical (unpaired) electrons. The number of hydrogen-bond acceptors (Lipinski definition) is 3. The number of hydrogen-bond donors (Lipinski definition) is 1. The highest BCUT2D eigenvalue weighted by Crippen LogP contribution is 2.19. The minimum absolute atomic E-state index is 0.110. The summed E-state index contributed by atoms with van der Waals surface area (Å²) in [5, 5.41) is 0. The molecule has 0 atom stereocenters. The fraction of sp³-hybridized carbons (Fsp3) is 0.267. The molecule has 0 spiro atoms. The lowest BCUT2D eigenvalue weighted by Crippen LogP contribution is -2.20. The van der Waals surface area contributed by atoms with Crippen molar-refractivity contribution in [3.63, 3.8) is 0 Å². The molecule has 2 aromatic rings. The number of aryl methyl sites for hydroxylation is 2. The van der Waals surface area contributed by atoms with Crippen LogP contribution in [0.2, 0.25) is 0 Å². The number of aromatic nitrogens is 1. The SMILES string of the molecule is Cc1cccc(OCCCn2cc(N)ccc2=O)c1F. The maximum atomic E-state index is 13.7. The number of benzene rings is 1. The third-order valence-corrected chi connectivity index (χ3v) is 2.96. The van der Waals surface area contributed by atoms with E-state index >= 15 is 0 Å². The van der Waals surface area contributed by atoms with Crippen LogP contribution in [0, 0.1) is 12.7 Å². The largest absolute Gasteiger partial charge is 0.490 e. The lowest BCUT2D eigenvalue weighted by atomic mass is 10.2. The van der Waals surface area contributed by atoms with Crippen LogP contribution in [0.25, 0.3) is 0 Å². The number of ether oxygens (including phenoxy) is 1. The minimum atomic E-state index is -0.339. The molecular formula is C15H17FN2O2. The third-order valence-electron chi connectivity index (χ3n) is 2.96. The molecule has 20 heavy (non-hydrogen) atoms. The normalized spacial score (nSPS) is 10.5. The van der Waals surface area contributed by atoms with Crippen molar-refractivity contribution in [3.05, 3.63) is 58.3 Å². The monoisotopic (exact) mass is 276 g/mol. The van der Waals surface area contributed by atoms with Crippen LogP contribution < -0.4 is 16.0 Å². The zero-order valence-corrected chi connectivity index (χ0v) is 11.3. The van der Waals surface area contributed by atoms with Crippen LogP contribution in [0.5, 0.6) is 5.75 Å². The Labute approximate surface area is 116 Å². The van der Waals surface area contributed by atoms with Crippen molar-refractivity contribution in [2.24, 2.45) is 0 Å². The highest BCUT2D eigenvalue weighted by molar-refractivity contribution is 5.33. The smallest absolute Gasteiger partial charge is 0.250 e. The second-order valence-corrected chi connectivity index (χ2v) is 4.58. The molecule has 0 aliphatic carbocycles. The van der Waals surface area contributed by atoms with Crippen LogP contribution in [0.1, 0.15) is 12.0 Å². The topological polar surface area (TPSA) is 57.2 Å². The summed E-state index contributed by atoms with van der Waals surface area (Å²) in [4.78, 5) is 11.5. The Morgan fingerprint density at radius 1 is 1.30 bits per heavy atom. The number of anilines is 1. The van der Waals surface area contributed by atoms with Crippen LogP contribution in [0.4, 0.5) is 10.1 Å². The number of rotatable bonds is 5. The van der Waals surface area contributed by atoms with E-state index in [1.54, 1.807) is 37.4 Å². The van der Waals surface area contributed by atoms with Gasteiger partial charge in [-0.15, -0.1) is 0 Å². The van der Waals surface area contributed by atoms with E-state index in [-0.39, 0.29) is 17.1 Å². The van der Waals surface area contributed by atoms with Crippen molar-refractivity contribution in [3.8, 4) is 5.75 Å². The molecule has 0 unspecified atom stereocenters. The van der Waals surface area contributed by atoms with Gasteiger partial charge in [0.25, 0.3) is 5.56 Å². The maximum absolute atomic E-state index is 13.7. The predicted octanol–water partition coefficient (Wildman–Crippen LogP) is 2.35. The Morgan fingerprint density at radius 3 is 2.90 bits per heavy atom. The molecule has 0 saturated heterocycles. The molecule has 0 bridgehead atoms. The summed E-state index contributed by atoms with van der Waals surface area (Å²) >= 11 is 0. The van der Waals surface area contributed by atoms with Crippen LogP contribution >= 0.6 is 0 Å². The zero-order chi connectivity index (χ0) is 14.5. The van der Waals surface area contributed by atoms with Gasteiger partial charge in [0.1, 0.15) is 0 Å². The molecule has 1 heterocycles. The Kier molecular flexibility index (Phi) is 4.40. The average Bonchev–Trinajstić information content (AvgIpc) is 2.43. The fourth-order valence-corrected chi connectivity index (χ4v) is 1.87. The van der Waals surface area contributed by atoms with E-state index in [4.69, 9.17) is 10.5 Å². The fourth-order valence-electron chi connectivity index (χ4n) is 1.87. The summed E-state index contributed by atoms with van der Waals surface area (Å²) in [7, 11) is 0. The molecule has 2 rings (SSSR count). The van der Waals surface area contributed by atoms with E-state index in [2.05, 4.69) is 0 Å².